The molecule has 142 valence electrons. The lowest BCUT2D eigenvalue weighted by atomic mass is 9.79. The normalized spacial score (nSPS) is 23.6. The van der Waals surface area contributed by atoms with Gasteiger partial charge in [0.15, 0.2) is 0 Å². The minimum Gasteiger partial charge on any atom is -0.480 e. The van der Waals surface area contributed by atoms with Crippen LogP contribution in [0.1, 0.15) is 49.1 Å². The van der Waals surface area contributed by atoms with E-state index < -0.39 is 27.8 Å². The van der Waals surface area contributed by atoms with Gasteiger partial charge in [0.05, 0.1) is 11.5 Å². The lowest BCUT2D eigenvalue weighted by molar-refractivity contribution is -0.142. The number of amides is 1. The number of aryl methyl sites for hydroxylation is 1. The van der Waals surface area contributed by atoms with E-state index in [1.54, 1.807) is 0 Å². The lowest BCUT2D eigenvalue weighted by Gasteiger charge is -2.29. The van der Waals surface area contributed by atoms with Crippen LogP contribution < -0.4 is 5.32 Å². The van der Waals surface area contributed by atoms with Crippen molar-refractivity contribution in [3.05, 3.63) is 35.4 Å². The molecule has 0 aromatic heterocycles. The number of carbonyl (C=O) groups is 2. The van der Waals surface area contributed by atoms with E-state index in [1.807, 2.05) is 18.2 Å². The molecule has 1 aromatic carbocycles. The highest BCUT2D eigenvalue weighted by molar-refractivity contribution is 7.91. The molecule has 26 heavy (non-hydrogen) atoms. The molecule has 0 bridgehead atoms. The van der Waals surface area contributed by atoms with Gasteiger partial charge in [-0.3, -0.25) is 4.79 Å². The van der Waals surface area contributed by atoms with Crippen molar-refractivity contribution >= 4 is 21.7 Å². The number of carboxylic acids is 1. The van der Waals surface area contributed by atoms with Gasteiger partial charge in [0.1, 0.15) is 15.9 Å². The summed E-state index contributed by atoms with van der Waals surface area (Å²) in [4.78, 5) is 24.1. The summed E-state index contributed by atoms with van der Waals surface area (Å²) in [5, 5.41) is 12.2. The molecule has 1 aromatic rings. The number of hydrogen-bond donors (Lipinski definition) is 2. The van der Waals surface area contributed by atoms with E-state index in [2.05, 4.69) is 11.4 Å². The highest BCUT2D eigenvalue weighted by Crippen LogP contribution is 2.34. The van der Waals surface area contributed by atoms with Crippen molar-refractivity contribution in [3.63, 3.8) is 0 Å². The van der Waals surface area contributed by atoms with Gasteiger partial charge in [0.2, 0.25) is 5.91 Å². The maximum absolute atomic E-state index is 12.4. The molecule has 3 rings (SSSR count). The average Bonchev–Trinajstić information content (AvgIpc) is 2.61. The first kappa shape index (κ1) is 18.9. The van der Waals surface area contributed by atoms with Crippen molar-refractivity contribution in [2.24, 2.45) is 5.92 Å². The second-order valence-electron chi connectivity index (χ2n) is 7.35. The Labute approximate surface area is 153 Å². The van der Waals surface area contributed by atoms with Crippen LogP contribution in [0.2, 0.25) is 0 Å². The maximum atomic E-state index is 12.4. The molecule has 1 fully saturated rings. The molecule has 2 unspecified atom stereocenters. The van der Waals surface area contributed by atoms with Crippen LogP contribution in [0.15, 0.2) is 24.3 Å². The molecule has 2 aliphatic rings. The van der Waals surface area contributed by atoms with Crippen LogP contribution in [0.4, 0.5) is 0 Å². The van der Waals surface area contributed by atoms with Gasteiger partial charge in [-0.05, 0) is 55.6 Å². The molecule has 6 nitrogen and oxygen atoms in total. The fourth-order valence-corrected chi connectivity index (χ4v) is 5.54. The summed E-state index contributed by atoms with van der Waals surface area (Å²) in [5.74, 6) is -1.68. The van der Waals surface area contributed by atoms with Crippen molar-refractivity contribution in [1.82, 2.24) is 5.32 Å². The number of nitrogens with one attached hydrogen (secondary N) is 1. The van der Waals surface area contributed by atoms with E-state index in [0.29, 0.717) is 6.42 Å². The van der Waals surface area contributed by atoms with Crippen LogP contribution in [0.25, 0.3) is 0 Å². The smallest absolute Gasteiger partial charge is 0.326 e. The molecule has 0 spiro atoms. The van der Waals surface area contributed by atoms with Crippen LogP contribution in [-0.2, 0) is 25.8 Å². The first-order chi connectivity index (χ1) is 12.4. The van der Waals surface area contributed by atoms with E-state index in [0.717, 1.165) is 19.3 Å². The predicted octanol–water partition coefficient (Wildman–Crippen LogP) is 1.89. The predicted molar refractivity (Wildman–Crippen MR) is 97.7 cm³/mol. The second-order valence-corrected chi connectivity index (χ2v) is 9.65. The van der Waals surface area contributed by atoms with Crippen molar-refractivity contribution < 1.29 is 23.1 Å². The number of aliphatic carboxylic acids is 1. The van der Waals surface area contributed by atoms with Gasteiger partial charge >= 0.3 is 5.97 Å². The van der Waals surface area contributed by atoms with Crippen molar-refractivity contribution in [2.45, 2.75) is 50.5 Å². The van der Waals surface area contributed by atoms with Crippen LogP contribution >= 0.6 is 0 Å². The van der Waals surface area contributed by atoms with Gasteiger partial charge in [-0.15, -0.1) is 0 Å². The Bertz CT molecular complexity index is 775. The number of carbonyl (C=O) groups excluding carboxylic acids is 1. The van der Waals surface area contributed by atoms with Gasteiger partial charge in [0.25, 0.3) is 0 Å². The van der Waals surface area contributed by atoms with Crippen molar-refractivity contribution in [3.8, 4) is 0 Å². The summed E-state index contributed by atoms with van der Waals surface area (Å²) in [6.07, 6.45) is 3.84. The summed E-state index contributed by atoms with van der Waals surface area (Å²) >= 11 is 0. The monoisotopic (exact) mass is 379 g/mol. The number of sulfone groups is 1. The van der Waals surface area contributed by atoms with Gasteiger partial charge in [-0.1, -0.05) is 24.3 Å². The van der Waals surface area contributed by atoms with Crippen LogP contribution in [-0.4, -0.2) is 42.9 Å². The fourth-order valence-electron chi connectivity index (χ4n) is 4.05. The zero-order valence-corrected chi connectivity index (χ0v) is 15.5. The first-order valence-electron chi connectivity index (χ1n) is 9.17. The standard InChI is InChI=1S/C19H25NO5S/c21-18(14-8-10-26(24,25)11-9-14)20-17(19(22)23)12-15-6-3-5-13-4-1-2-7-16(13)15/h1-2,4,7,14-15,17H,3,5-6,8-12H2,(H,20,21)(H,22,23). The topological polar surface area (TPSA) is 101 Å². The Balaban J connectivity index is 1.65. The molecular formula is C19H25NO5S. The molecule has 2 atom stereocenters. The number of hydrogen-bond acceptors (Lipinski definition) is 4. The van der Waals surface area contributed by atoms with Crippen LogP contribution in [0.3, 0.4) is 0 Å². The zero-order valence-electron chi connectivity index (χ0n) is 14.7. The minimum absolute atomic E-state index is 0.00117. The summed E-state index contributed by atoms with van der Waals surface area (Å²) in [5.41, 5.74) is 2.44. The highest BCUT2D eigenvalue weighted by Gasteiger charge is 2.32. The molecule has 2 N–H and O–H groups in total. The van der Waals surface area contributed by atoms with Crippen LogP contribution in [0, 0.1) is 5.92 Å². The molecule has 1 saturated heterocycles. The third kappa shape index (κ3) is 4.44. The quantitative estimate of drug-likeness (QED) is 0.814. The third-order valence-corrected chi connectivity index (χ3v) is 7.27. The number of benzene rings is 1. The largest absolute Gasteiger partial charge is 0.480 e. The van der Waals surface area contributed by atoms with Crippen molar-refractivity contribution in [1.29, 1.82) is 0 Å². The Kier molecular flexibility index (Phi) is 5.65. The van der Waals surface area contributed by atoms with Gasteiger partial charge in [-0.2, -0.15) is 0 Å². The third-order valence-electron chi connectivity index (χ3n) is 5.55. The summed E-state index contributed by atoms with van der Waals surface area (Å²) in [7, 11) is -3.05. The van der Waals surface area contributed by atoms with E-state index in [1.165, 1.54) is 11.1 Å². The lowest BCUT2D eigenvalue weighted by Crippen LogP contribution is -2.46. The molecule has 1 aliphatic heterocycles. The fraction of sp³-hybridized carbons (Fsp3) is 0.579. The zero-order chi connectivity index (χ0) is 18.7. The number of rotatable bonds is 5. The molecule has 7 heteroatoms. The van der Waals surface area contributed by atoms with E-state index >= 15 is 0 Å². The SMILES string of the molecule is O=C(NC(CC1CCCc2ccccc21)C(=O)O)C1CCS(=O)(=O)CC1. The minimum atomic E-state index is -3.05. The molecule has 1 heterocycles. The molecular weight excluding hydrogens is 354 g/mol. The number of fused-ring (bicyclic) bond motifs is 1. The van der Waals surface area contributed by atoms with E-state index in [-0.39, 0.29) is 36.2 Å². The summed E-state index contributed by atoms with van der Waals surface area (Å²) < 4.78 is 23.0. The van der Waals surface area contributed by atoms with E-state index in [4.69, 9.17) is 0 Å². The van der Waals surface area contributed by atoms with Gasteiger partial charge < -0.3 is 10.4 Å². The number of carboxylic acid groups (broad SMARTS) is 1. The van der Waals surface area contributed by atoms with Gasteiger partial charge in [0, 0.05) is 5.92 Å². The van der Waals surface area contributed by atoms with Crippen molar-refractivity contribution in [2.75, 3.05) is 11.5 Å². The Morgan fingerprint density at radius 2 is 1.85 bits per heavy atom. The summed E-state index contributed by atoms with van der Waals surface area (Å²) in [6, 6.07) is 7.14. The second kappa shape index (κ2) is 7.78. The van der Waals surface area contributed by atoms with Gasteiger partial charge in [-0.25, -0.2) is 13.2 Å². The maximum Gasteiger partial charge on any atom is 0.326 e. The summed E-state index contributed by atoms with van der Waals surface area (Å²) in [6.45, 7) is 0. The molecule has 1 amide bonds. The average molecular weight is 379 g/mol. The highest BCUT2D eigenvalue weighted by atomic mass is 32.2. The molecule has 0 radical (unpaired) electrons. The molecule has 1 aliphatic carbocycles. The Morgan fingerprint density at radius 3 is 2.54 bits per heavy atom. The molecule has 0 saturated carbocycles. The van der Waals surface area contributed by atoms with Crippen LogP contribution in [0.5, 0.6) is 0 Å². The van der Waals surface area contributed by atoms with E-state index in [9.17, 15) is 23.1 Å². The first-order valence-corrected chi connectivity index (χ1v) is 11.0. The Hall–Kier alpha value is -1.89. The Morgan fingerprint density at radius 1 is 1.15 bits per heavy atom.